The van der Waals surface area contributed by atoms with E-state index in [1.165, 1.54) is 7.11 Å². The summed E-state index contributed by atoms with van der Waals surface area (Å²) in [4.78, 5) is 34.6. The lowest BCUT2D eigenvalue weighted by molar-refractivity contribution is -0.141. The minimum Gasteiger partial charge on any atom is -0.468 e. The monoisotopic (exact) mass is 371 g/mol. The average Bonchev–Trinajstić information content (AvgIpc) is 2.59. The fourth-order valence-electron chi connectivity index (χ4n) is 1.93. The second-order valence-corrected chi connectivity index (χ2v) is 5.63. The van der Waals surface area contributed by atoms with E-state index in [9.17, 15) is 14.4 Å². The van der Waals surface area contributed by atoms with Crippen molar-refractivity contribution in [1.82, 2.24) is 5.32 Å². The van der Waals surface area contributed by atoms with E-state index in [4.69, 9.17) is 5.73 Å². The molecular formula is C17H26ClN3O4. The molecule has 0 spiro atoms. The normalized spacial score (nSPS) is 12.3. The molecule has 4 N–H and O–H groups in total. The first-order valence-electron chi connectivity index (χ1n) is 7.86. The molecule has 140 valence electrons. The summed E-state index contributed by atoms with van der Waals surface area (Å²) in [5, 5.41) is 5.22. The number of carbonyl (C=O) groups excluding carboxylic acids is 3. The van der Waals surface area contributed by atoms with Crippen molar-refractivity contribution >= 4 is 35.9 Å². The zero-order chi connectivity index (χ0) is 18.1. The van der Waals surface area contributed by atoms with Gasteiger partial charge in [-0.05, 0) is 23.6 Å². The van der Waals surface area contributed by atoms with Crippen LogP contribution in [-0.4, -0.2) is 37.5 Å². The quantitative estimate of drug-likeness (QED) is 0.595. The molecule has 0 fully saturated rings. The molecule has 25 heavy (non-hydrogen) atoms. The van der Waals surface area contributed by atoms with Gasteiger partial charge in [0.2, 0.25) is 11.8 Å². The summed E-state index contributed by atoms with van der Waals surface area (Å²) in [7, 11) is 1.26. The van der Waals surface area contributed by atoms with Gasteiger partial charge in [-0.3, -0.25) is 14.4 Å². The van der Waals surface area contributed by atoms with Crippen LogP contribution in [0, 0.1) is 5.92 Å². The van der Waals surface area contributed by atoms with Crippen LogP contribution in [0.3, 0.4) is 0 Å². The van der Waals surface area contributed by atoms with Gasteiger partial charge in [0.15, 0.2) is 0 Å². The number of amides is 2. The van der Waals surface area contributed by atoms with E-state index in [-0.39, 0.29) is 43.1 Å². The van der Waals surface area contributed by atoms with Crippen LogP contribution in [0.1, 0.15) is 25.8 Å². The Balaban J connectivity index is 0.00000576. The van der Waals surface area contributed by atoms with Crippen LogP contribution in [0.2, 0.25) is 0 Å². The first-order chi connectivity index (χ1) is 11.4. The van der Waals surface area contributed by atoms with Crippen LogP contribution in [0.5, 0.6) is 0 Å². The van der Waals surface area contributed by atoms with Gasteiger partial charge in [0.05, 0.1) is 19.6 Å². The molecule has 2 unspecified atom stereocenters. The number of hydrogen-bond acceptors (Lipinski definition) is 5. The third-order valence-electron chi connectivity index (χ3n) is 3.80. The van der Waals surface area contributed by atoms with E-state index in [0.29, 0.717) is 5.69 Å². The molecule has 0 aliphatic rings. The van der Waals surface area contributed by atoms with Gasteiger partial charge >= 0.3 is 5.97 Å². The smallest absolute Gasteiger partial charge is 0.325 e. The number of ether oxygens (including phenoxy) is 1. The fraction of sp³-hybridized carbons (Fsp3) is 0.471. The van der Waals surface area contributed by atoms with E-state index in [1.807, 2.05) is 13.8 Å². The summed E-state index contributed by atoms with van der Waals surface area (Å²) in [5.41, 5.74) is 7.27. The molecule has 0 saturated carbocycles. The Labute approximate surface area is 154 Å². The van der Waals surface area contributed by atoms with Crippen LogP contribution in [0.4, 0.5) is 5.69 Å². The molecule has 1 aromatic rings. The molecule has 0 aromatic heterocycles. The molecule has 8 heteroatoms. The lowest BCUT2D eigenvalue weighted by Crippen LogP contribution is -2.40. The minimum absolute atomic E-state index is 0. The molecule has 0 aliphatic heterocycles. The van der Waals surface area contributed by atoms with Gasteiger partial charge < -0.3 is 21.1 Å². The lowest BCUT2D eigenvalue weighted by atomic mass is 9.99. The Morgan fingerprint density at radius 3 is 2.32 bits per heavy atom. The van der Waals surface area contributed by atoms with Crippen molar-refractivity contribution < 1.29 is 19.1 Å². The van der Waals surface area contributed by atoms with E-state index >= 15 is 0 Å². The number of hydrogen-bond donors (Lipinski definition) is 3. The maximum absolute atomic E-state index is 12.0. The molecule has 1 rings (SSSR count). The number of benzene rings is 1. The number of methoxy groups -OCH3 is 1. The van der Waals surface area contributed by atoms with E-state index in [2.05, 4.69) is 15.4 Å². The summed E-state index contributed by atoms with van der Waals surface area (Å²) in [5.74, 6) is -0.911. The highest BCUT2D eigenvalue weighted by Crippen LogP contribution is 2.12. The third-order valence-corrected chi connectivity index (χ3v) is 3.80. The molecular weight excluding hydrogens is 346 g/mol. The molecule has 2 atom stereocenters. The highest BCUT2D eigenvalue weighted by atomic mass is 35.5. The first-order valence-corrected chi connectivity index (χ1v) is 7.86. The first kappa shape index (κ1) is 22.9. The zero-order valence-electron chi connectivity index (χ0n) is 14.7. The van der Waals surface area contributed by atoms with Gasteiger partial charge in [-0.2, -0.15) is 0 Å². The number of anilines is 1. The van der Waals surface area contributed by atoms with Crippen molar-refractivity contribution in [2.75, 3.05) is 19.0 Å². The Bertz CT molecular complexity index is 578. The summed E-state index contributed by atoms with van der Waals surface area (Å²) < 4.78 is 4.44. The van der Waals surface area contributed by atoms with Gasteiger partial charge in [-0.25, -0.2) is 0 Å². The Kier molecular flexibility index (Phi) is 10.5. The SMILES string of the molecule is CCC(C)C(N)C(=O)Nc1ccc(CC(=O)NCC(=O)OC)cc1.Cl. The van der Waals surface area contributed by atoms with E-state index < -0.39 is 12.0 Å². The largest absolute Gasteiger partial charge is 0.468 e. The van der Waals surface area contributed by atoms with Crippen molar-refractivity contribution in [2.45, 2.75) is 32.7 Å². The molecule has 0 radical (unpaired) electrons. The molecule has 1 aromatic carbocycles. The molecule has 2 amide bonds. The summed E-state index contributed by atoms with van der Waals surface area (Å²) in [6.45, 7) is 3.76. The van der Waals surface area contributed by atoms with Crippen molar-refractivity contribution in [3.63, 3.8) is 0 Å². The van der Waals surface area contributed by atoms with Crippen molar-refractivity contribution in [3.05, 3.63) is 29.8 Å². The average molecular weight is 372 g/mol. The van der Waals surface area contributed by atoms with Gasteiger partial charge in [0.25, 0.3) is 0 Å². The van der Waals surface area contributed by atoms with E-state index in [1.54, 1.807) is 24.3 Å². The minimum atomic E-state index is -0.557. The topological polar surface area (TPSA) is 111 Å². The number of rotatable bonds is 8. The number of nitrogens with one attached hydrogen (secondary N) is 2. The van der Waals surface area contributed by atoms with Crippen LogP contribution in [-0.2, 0) is 25.5 Å². The summed E-state index contributed by atoms with van der Waals surface area (Å²) in [6, 6.07) is 6.34. The zero-order valence-corrected chi connectivity index (χ0v) is 15.5. The summed E-state index contributed by atoms with van der Waals surface area (Å²) in [6.07, 6.45) is 0.964. The molecule has 0 aliphatic carbocycles. The van der Waals surface area contributed by atoms with Crippen LogP contribution >= 0.6 is 12.4 Å². The van der Waals surface area contributed by atoms with Gasteiger partial charge in [-0.15, -0.1) is 12.4 Å². The third kappa shape index (κ3) is 8.00. The number of halogens is 1. The Hall–Kier alpha value is -2.12. The van der Waals surface area contributed by atoms with Gasteiger partial charge in [0, 0.05) is 5.69 Å². The van der Waals surface area contributed by atoms with Gasteiger partial charge in [0.1, 0.15) is 6.54 Å². The predicted molar refractivity (Wildman–Crippen MR) is 98.5 cm³/mol. The fourth-order valence-corrected chi connectivity index (χ4v) is 1.93. The molecule has 7 nitrogen and oxygen atoms in total. The highest BCUT2D eigenvalue weighted by molar-refractivity contribution is 5.94. The molecule has 0 saturated heterocycles. The van der Waals surface area contributed by atoms with Crippen LogP contribution in [0.15, 0.2) is 24.3 Å². The maximum Gasteiger partial charge on any atom is 0.325 e. The lowest BCUT2D eigenvalue weighted by Gasteiger charge is -2.17. The molecule has 0 heterocycles. The van der Waals surface area contributed by atoms with Crippen LogP contribution < -0.4 is 16.4 Å². The van der Waals surface area contributed by atoms with Crippen molar-refractivity contribution in [3.8, 4) is 0 Å². The highest BCUT2D eigenvalue weighted by Gasteiger charge is 2.19. The van der Waals surface area contributed by atoms with Crippen molar-refractivity contribution in [1.29, 1.82) is 0 Å². The number of carbonyl (C=O) groups is 3. The Morgan fingerprint density at radius 2 is 1.80 bits per heavy atom. The maximum atomic E-state index is 12.0. The molecule has 0 bridgehead atoms. The standard InChI is InChI=1S/C17H25N3O4.ClH/c1-4-11(2)16(18)17(23)20-13-7-5-12(6-8-13)9-14(21)19-10-15(22)24-3;/h5-8,11,16H,4,9-10,18H2,1-3H3,(H,19,21)(H,20,23);1H. The second-order valence-electron chi connectivity index (χ2n) is 5.63. The summed E-state index contributed by atoms with van der Waals surface area (Å²) >= 11 is 0. The Morgan fingerprint density at radius 1 is 1.20 bits per heavy atom. The van der Waals surface area contributed by atoms with E-state index in [0.717, 1.165) is 12.0 Å². The van der Waals surface area contributed by atoms with Gasteiger partial charge in [-0.1, -0.05) is 32.4 Å². The van der Waals surface area contributed by atoms with Crippen LogP contribution in [0.25, 0.3) is 0 Å². The predicted octanol–water partition coefficient (Wildman–Crippen LogP) is 1.25. The van der Waals surface area contributed by atoms with Crippen molar-refractivity contribution in [2.24, 2.45) is 11.7 Å². The second kappa shape index (κ2) is 11.4. The number of nitrogens with two attached hydrogens (primary N) is 1. The number of esters is 1.